The first-order chi connectivity index (χ1) is 20.0. The molecular formula is C32H28FN3O5. The van der Waals surface area contributed by atoms with Gasteiger partial charge in [0.05, 0.1) is 36.4 Å². The summed E-state index contributed by atoms with van der Waals surface area (Å²) >= 11 is 0. The normalized spacial score (nSPS) is 14.2. The van der Waals surface area contributed by atoms with Gasteiger partial charge in [-0.25, -0.2) is 9.37 Å². The third-order valence-corrected chi connectivity index (χ3v) is 7.64. The smallest absolute Gasteiger partial charge is 0.317 e. The SMILES string of the molecule is COc1ccc(-c2cc(-c3nnc(COC(=O)C4(c5cccc(F)c5)CCCC4)o3)c3ccccc3n2)cc1OC. The molecule has 6 rings (SSSR count). The molecule has 1 saturated carbocycles. The highest BCUT2D eigenvalue weighted by atomic mass is 19.1. The van der Waals surface area contributed by atoms with E-state index in [1.807, 2.05) is 48.5 Å². The minimum atomic E-state index is -0.874. The minimum Gasteiger partial charge on any atom is -0.493 e. The monoisotopic (exact) mass is 553 g/mol. The van der Waals surface area contributed by atoms with Crippen LogP contribution in [0, 0.1) is 5.82 Å². The molecule has 0 radical (unpaired) electrons. The van der Waals surface area contributed by atoms with Crippen molar-refractivity contribution in [1.29, 1.82) is 0 Å². The number of hydrogen-bond donors (Lipinski definition) is 0. The second-order valence-corrected chi connectivity index (χ2v) is 10.0. The molecule has 0 aliphatic heterocycles. The molecule has 9 heteroatoms. The number of ether oxygens (including phenoxy) is 3. The number of hydrogen-bond acceptors (Lipinski definition) is 8. The van der Waals surface area contributed by atoms with Crippen molar-refractivity contribution < 1.29 is 27.8 Å². The molecular weight excluding hydrogens is 525 g/mol. The van der Waals surface area contributed by atoms with Crippen molar-refractivity contribution >= 4 is 16.9 Å². The Hall–Kier alpha value is -4.79. The molecule has 2 aromatic heterocycles. The maximum atomic E-state index is 14.0. The molecule has 2 heterocycles. The summed E-state index contributed by atoms with van der Waals surface area (Å²) in [7, 11) is 3.17. The Labute approximate surface area is 236 Å². The molecule has 0 amide bonds. The largest absolute Gasteiger partial charge is 0.493 e. The Morgan fingerprint density at radius 3 is 2.51 bits per heavy atom. The predicted octanol–water partition coefficient (Wildman–Crippen LogP) is 6.66. The van der Waals surface area contributed by atoms with Crippen molar-refractivity contribution in [2.45, 2.75) is 37.7 Å². The van der Waals surface area contributed by atoms with Gasteiger partial charge < -0.3 is 18.6 Å². The first kappa shape index (κ1) is 26.4. The van der Waals surface area contributed by atoms with Crippen LogP contribution in [0.15, 0.2) is 77.2 Å². The summed E-state index contributed by atoms with van der Waals surface area (Å²) in [6.07, 6.45) is 2.94. The molecule has 41 heavy (non-hydrogen) atoms. The zero-order chi connectivity index (χ0) is 28.4. The van der Waals surface area contributed by atoms with E-state index in [-0.39, 0.29) is 24.2 Å². The van der Waals surface area contributed by atoms with Gasteiger partial charge in [0.25, 0.3) is 5.89 Å². The van der Waals surface area contributed by atoms with Crippen molar-refractivity contribution in [3.8, 4) is 34.2 Å². The van der Waals surface area contributed by atoms with E-state index in [0.29, 0.717) is 41.2 Å². The average molecular weight is 554 g/mol. The van der Waals surface area contributed by atoms with Crippen molar-refractivity contribution in [2.75, 3.05) is 14.2 Å². The van der Waals surface area contributed by atoms with Crippen LogP contribution in [0.4, 0.5) is 4.39 Å². The van der Waals surface area contributed by atoms with Crippen molar-refractivity contribution in [3.63, 3.8) is 0 Å². The first-order valence-electron chi connectivity index (χ1n) is 13.4. The molecule has 1 aliphatic carbocycles. The number of aromatic nitrogens is 3. The lowest BCUT2D eigenvalue weighted by Gasteiger charge is -2.26. The summed E-state index contributed by atoms with van der Waals surface area (Å²) in [5.41, 5.74) is 2.71. The minimum absolute atomic E-state index is 0.161. The van der Waals surface area contributed by atoms with Gasteiger partial charge in [-0.1, -0.05) is 43.2 Å². The number of pyridine rings is 1. The molecule has 0 spiro atoms. The quantitative estimate of drug-likeness (QED) is 0.197. The lowest BCUT2D eigenvalue weighted by atomic mass is 9.79. The van der Waals surface area contributed by atoms with Gasteiger partial charge in [0.1, 0.15) is 5.82 Å². The maximum Gasteiger partial charge on any atom is 0.317 e. The van der Waals surface area contributed by atoms with E-state index in [4.69, 9.17) is 23.6 Å². The standard InChI is InChI=1S/C32H28FN3O5/c1-38-27-13-12-20(16-28(27)39-2)26-18-24(23-10-3-4-11-25(23)34-26)30-36-35-29(41-30)19-40-31(37)32(14-5-6-15-32)21-8-7-9-22(33)17-21/h3-4,7-13,16-18H,5-6,14-15,19H2,1-2H3. The molecule has 0 unspecified atom stereocenters. The zero-order valence-electron chi connectivity index (χ0n) is 22.7. The van der Waals surface area contributed by atoms with E-state index in [1.165, 1.54) is 12.1 Å². The van der Waals surface area contributed by atoms with Crippen LogP contribution < -0.4 is 9.47 Å². The summed E-state index contributed by atoms with van der Waals surface area (Å²) in [6, 6.07) is 21.3. The van der Waals surface area contributed by atoms with E-state index in [1.54, 1.807) is 26.4 Å². The summed E-state index contributed by atoms with van der Waals surface area (Å²) in [6.45, 7) is -0.186. The summed E-state index contributed by atoms with van der Waals surface area (Å²) < 4.78 is 36.5. The highest BCUT2D eigenvalue weighted by molar-refractivity contribution is 5.94. The highest BCUT2D eigenvalue weighted by Crippen LogP contribution is 2.43. The van der Waals surface area contributed by atoms with E-state index in [2.05, 4.69) is 10.2 Å². The lowest BCUT2D eigenvalue weighted by Crippen LogP contribution is -2.34. The Kier molecular flexibility index (Phi) is 7.09. The fraction of sp³-hybridized carbons (Fsp3) is 0.250. The van der Waals surface area contributed by atoms with Crippen molar-refractivity contribution in [3.05, 3.63) is 90.1 Å². The van der Waals surface area contributed by atoms with E-state index in [9.17, 15) is 9.18 Å². The number of carbonyl (C=O) groups excluding carboxylic acids is 1. The molecule has 0 bridgehead atoms. The van der Waals surface area contributed by atoms with E-state index < -0.39 is 11.4 Å². The maximum absolute atomic E-state index is 14.0. The van der Waals surface area contributed by atoms with Gasteiger partial charge >= 0.3 is 5.97 Å². The molecule has 8 nitrogen and oxygen atoms in total. The number of esters is 1. The van der Waals surface area contributed by atoms with Crippen molar-refractivity contribution in [2.24, 2.45) is 0 Å². The average Bonchev–Trinajstić information content (AvgIpc) is 3.70. The van der Waals surface area contributed by atoms with Gasteiger partial charge in [0.2, 0.25) is 5.89 Å². The fourth-order valence-electron chi connectivity index (χ4n) is 5.56. The number of benzene rings is 3. The van der Waals surface area contributed by atoms with Gasteiger partial charge in [-0.3, -0.25) is 4.79 Å². The second-order valence-electron chi connectivity index (χ2n) is 10.0. The zero-order valence-corrected chi connectivity index (χ0v) is 22.7. The van der Waals surface area contributed by atoms with Gasteiger partial charge in [-0.05, 0) is 60.9 Å². The molecule has 208 valence electrons. The molecule has 1 aliphatic rings. The lowest BCUT2D eigenvalue weighted by molar-refractivity contribution is -0.152. The Balaban J connectivity index is 1.29. The third kappa shape index (κ3) is 4.99. The first-order valence-corrected chi connectivity index (χ1v) is 13.4. The van der Waals surface area contributed by atoms with Crippen LogP contribution >= 0.6 is 0 Å². The fourth-order valence-corrected chi connectivity index (χ4v) is 5.56. The molecule has 1 fully saturated rings. The number of nitrogens with zero attached hydrogens (tertiary/aromatic N) is 3. The van der Waals surface area contributed by atoms with E-state index >= 15 is 0 Å². The Morgan fingerprint density at radius 1 is 0.927 bits per heavy atom. The van der Waals surface area contributed by atoms with Crippen LogP contribution in [0.3, 0.4) is 0 Å². The number of fused-ring (bicyclic) bond motifs is 1. The van der Waals surface area contributed by atoms with Crippen LogP contribution in [0.2, 0.25) is 0 Å². The van der Waals surface area contributed by atoms with E-state index in [0.717, 1.165) is 29.3 Å². The highest BCUT2D eigenvalue weighted by Gasteiger charge is 2.44. The Morgan fingerprint density at radius 2 is 1.73 bits per heavy atom. The summed E-state index contributed by atoms with van der Waals surface area (Å²) in [4.78, 5) is 18.2. The number of para-hydroxylation sites is 1. The molecule has 0 atom stereocenters. The summed E-state index contributed by atoms with van der Waals surface area (Å²) in [5, 5.41) is 9.25. The third-order valence-electron chi connectivity index (χ3n) is 7.64. The van der Waals surface area contributed by atoms with Crippen molar-refractivity contribution in [1.82, 2.24) is 15.2 Å². The van der Waals surface area contributed by atoms with Crippen LogP contribution in [0.25, 0.3) is 33.6 Å². The van der Waals surface area contributed by atoms with Crippen LogP contribution in [-0.2, 0) is 21.6 Å². The van der Waals surface area contributed by atoms with Gasteiger partial charge in [0.15, 0.2) is 18.1 Å². The molecule has 0 N–H and O–H groups in total. The van der Waals surface area contributed by atoms with Gasteiger partial charge in [-0.2, -0.15) is 0 Å². The second kappa shape index (κ2) is 11.0. The molecule has 3 aromatic carbocycles. The van der Waals surface area contributed by atoms with Crippen LogP contribution in [0.1, 0.15) is 37.1 Å². The van der Waals surface area contributed by atoms with Gasteiger partial charge in [0, 0.05) is 10.9 Å². The number of methoxy groups -OCH3 is 2. The Bertz CT molecular complexity index is 1730. The predicted molar refractivity (Wildman–Crippen MR) is 150 cm³/mol. The topological polar surface area (TPSA) is 96.6 Å². The van der Waals surface area contributed by atoms with Crippen LogP contribution in [0.5, 0.6) is 11.5 Å². The number of rotatable bonds is 8. The van der Waals surface area contributed by atoms with Crippen LogP contribution in [-0.4, -0.2) is 35.4 Å². The summed E-state index contributed by atoms with van der Waals surface area (Å²) in [5.74, 6) is 0.851. The number of halogens is 1. The molecule has 5 aromatic rings. The number of carbonyl (C=O) groups is 1. The van der Waals surface area contributed by atoms with Gasteiger partial charge in [-0.15, -0.1) is 10.2 Å². The molecule has 0 saturated heterocycles.